The quantitative estimate of drug-likeness (QED) is 0.0876. The Morgan fingerprint density at radius 1 is 0.950 bits per heavy atom. The molecule has 2 amide bonds. The van der Waals surface area contributed by atoms with Gasteiger partial charge >= 0.3 is 18.0 Å². The lowest BCUT2D eigenvalue weighted by molar-refractivity contribution is -0.147. The first-order chi connectivity index (χ1) is 28.4. The molecule has 1 fully saturated rings. The van der Waals surface area contributed by atoms with E-state index in [4.69, 9.17) is 42.1 Å². The lowest BCUT2D eigenvalue weighted by Gasteiger charge is -2.37. The Kier molecular flexibility index (Phi) is 14.4. The summed E-state index contributed by atoms with van der Waals surface area (Å²) in [5.74, 6) is -5.37. The molecule has 1 aliphatic heterocycles. The Labute approximate surface area is 356 Å². The summed E-state index contributed by atoms with van der Waals surface area (Å²) in [6, 6.07) is 20.0. The zero-order valence-corrected chi connectivity index (χ0v) is 35.1. The number of carbonyl (C=O) groups is 4. The summed E-state index contributed by atoms with van der Waals surface area (Å²) in [5.41, 5.74) is -1.69. The van der Waals surface area contributed by atoms with E-state index in [0.717, 1.165) is 11.6 Å². The molecule has 1 saturated heterocycles. The van der Waals surface area contributed by atoms with Crippen LogP contribution in [0, 0.1) is 28.4 Å². The number of methoxy groups -OCH3 is 1. The van der Waals surface area contributed by atoms with Crippen LogP contribution in [0.1, 0.15) is 74.0 Å². The molecule has 3 N–H and O–H groups in total. The van der Waals surface area contributed by atoms with Crippen molar-refractivity contribution in [3.05, 3.63) is 129 Å². The number of ether oxygens (including phenoxy) is 4. The number of hydrogen-bond donors (Lipinski definition) is 3. The predicted octanol–water partition coefficient (Wildman–Crippen LogP) is 8.60. The minimum atomic E-state index is -1.85. The minimum absolute atomic E-state index is 0.00697. The van der Waals surface area contributed by atoms with E-state index in [2.05, 4.69) is 22.0 Å². The average Bonchev–Trinajstić information content (AvgIpc) is 3.51. The summed E-state index contributed by atoms with van der Waals surface area (Å²) in [6.45, 7) is 8.46. The van der Waals surface area contributed by atoms with Gasteiger partial charge in [-0.05, 0) is 66.3 Å². The van der Waals surface area contributed by atoms with Crippen molar-refractivity contribution in [3.63, 3.8) is 0 Å². The Morgan fingerprint density at radius 2 is 1.67 bits per heavy atom. The maximum atomic E-state index is 16.1. The van der Waals surface area contributed by atoms with E-state index in [1.54, 1.807) is 24.3 Å². The van der Waals surface area contributed by atoms with Crippen LogP contribution in [0.4, 0.5) is 19.3 Å². The highest BCUT2D eigenvalue weighted by Crippen LogP contribution is 2.53. The number of halogens is 4. The third-order valence-corrected chi connectivity index (χ3v) is 10.4. The van der Waals surface area contributed by atoms with Crippen LogP contribution in [0.2, 0.25) is 10.0 Å². The van der Waals surface area contributed by atoms with Crippen molar-refractivity contribution in [2.24, 2.45) is 5.41 Å². The van der Waals surface area contributed by atoms with Crippen molar-refractivity contribution in [1.82, 2.24) is 10.6 Å². The van der Waals surface area contributed by atoms with Gasteiger partial charge in [-0.25, -0.2) is 23.2 Å². The molecular formula is C44H44Cl2F2N4O8. The number of benzene rings is 4. The number of nitriles is 1. The van der Waals surface area contributed by atoms with Gasteiger partial charge in [0.25, 0.3) is 0 Å². The molecule has 0 saturated carbocycles. The van der Waals surface area contributed by atoms with Gasteiger partial charge in [0.2, 0.25) is 12.2 Å². The lowest BCUT2D eigenvalue weighted by atomic mass is 9.62. The maximum Gasteiger partial charge on any atom is 0.410 e. The van der Waals surface area contributed by atoms with E-state index in [0.29, 0.717) is 0 Å². The Hall–Kier alpha value is -5.75. The van der Waals surface area contributed by atoms with Crippen LogP contribution in [-0.4, -0.2) is 55.5 Å². The molecule has 6 atom stereocenters. The van der Waals surface area contributed by atoms with Gasteiger partial charge in [-0.3, -0.25) is 4.79 Å². The highest BCUT2D eigenvalue weighted by atomic mass is 35.5. The molecule has 0 spiro atoms. The smallest absolute Gasteiger partial charge is 0.410 e. The second-order valence-corrected chi connectivity index (χ2v) is 16.3. The number of amides is 2. The molecule has 316 valence electrons. The topological polar surface area (TPSA) is 165 Å². The molecule has 0 aromatic heterocycles. The SMILES string of the molecule is COc1cc(C(=O)OC(C)OC(=O)NC(C)C(=O)OCc2ccccc2)ccc1NC(=O)C1NC(CC(C)(C)C)C(C#N)(c2ccc(Cl)cc2F)C1c1cccc(Cl)c1F. The third kappa shape index (κ3) is 10.3. The minimum Gasteiger partial charge on any atom is -0.495 e. The third-order valence-electron chi connectivity index (χ3n) is 9.88. The number of rotatable bonds is 13. The molecule has 6 unspecified atom stereocenters. The summed E-state index contributed by atoms with van der Waals surface area (Å²) in [6.07, 6.45) is -2.19. The second kappa shape index (κ2) is 19.1. The summed E-state index contributed by atoms with van der Waals surface area (Å²) in [5, 5.41) is 19.3. The summed E-state index contributed by atoms with van der Waals surface area (Å²) in [4.78, 5) is 52.4. The van der Waals surface area contributed by atoms with Gasteiger partial charge in [0.15, 0.2) is 0 Å². The molecule has 0 bridgehead atoms. The second-order valence-electron chi connectivity index (χ2n) is 15.4. The molecule has 5 rings (SSSR count). The van der Waals surface area contributed by atoms with Crippen molar-refractivity contribution in [1.29, 1.82) is 5.26 Å². The van der Waals surface area contributed by atoms with E-state index in [1.165, 1.54) is 69.5 Å². The number of nitrogens with zero attached hydrogens (tertiary/aromatic N) is 1. The van der Waals surface area contributed by atoms with Gasteiger partial charge in [0, 0.05) is 29.5 Å². The van der Waals surface area contributed by atoms with Crippen molar-refractivity contribution < 1.29 is 46.9 Å². The van der Waals surface area contributed by atoms with Crippen molar-refractivity contribution in [3.8, 4) is 11.8 Å². The number of esters is 2. The van der Waals surface area contributed by atoms with Gasteiger partial charge < -0.3 is 34.9 Å². The first-order valence-corrected chi connectivity index (χ1v) is 19.6. The highest BCUT2D eigenvalue weighted by molar-refractivity contribution is 6.31. The molecule has 1 aliphatic rings. The molecule has 1 heterocycles. The maximum absolute atomic E-state index is 16.1. The molecule has 16 heteroatoms. The first kappa shape index (κ1) is 45.3. The monoisotopic (exact) mass is 864 g/mol. The van der Waals surface area contributed by atoms with Crippen LogP contribution in [0.25, 0.3) is 0 Å². The van der Waals surface area contributed by atoms with Gasteiger partial charge in [0.05, 0.1) is 35.5 Å². The van der Waals surface area contributed by atoms with Gasteiger partial charge in [0.1, 0.15) is 35.4 Å². The standard InChI is InChI=1S/C44H44Cl2F2N4O8/c1-24(40(54)58-22-26-11-8-7-9-12-26)50-42(56)60-25(2)59-41(55)27-15-18-33(34(19-27)57-6)51-39(53)38-36(29-13-10-14-31(46)37(29)48)44(23-49,35(52-38)21-43(3,4)5)30-17-16-28(45)20-32(30)47/h7-20,24-25,35-36,38,52H,21-22H2,1-6H3,(H,50,56)(H,51,53). The lowest BCUT2D eigenvalue weighted by Crippen LogP contribution is -2.45. The first-order valence-electron chi connectivity index (χ1n) is 18.8. The summed E-state index contributed by atoms with van der Waals surface area (Å²) in [7, 11) is 1.30. The van der Waals surface area contributed by atoms with E-state index in [1.807, 2.05) is 26.8 Å². The Bertz CT molecular complexity index is 2290. The van der Waals surface area contributed by atoms with Crippen LogP contribution in [0.5, 0.6) is 5.75 Å². The molecule has 0 radical (unpaired) electrons. The molecule has 4 aromatic carbocycles. The van der Waals surface area contributed by atoms with Crippen molar-refractivity contribution in [2.45, 2.75) is 83.4 Å². The van der Waals surface area contributed by atoms with Crippen LogP contribution in [0.15, 0.2) is 84.9 Å². The predicted molar refractivity (Wildman–Crippen MR) is 219 cm³/mol. The largest absolute Gasteiger partial charge is 0.495 e. The van der Waals surface area contributed by atoms with Crippen LogP contribution in [-0.2, 0) is 35.8 Å². The van der Waals surface area contributed by atoms with Gasteiger partial charge in [-0.15, -0.1) is 0 Å². The zero-order valence-electron chi connectivity index (χ0n) is 33.6. The Balaban J connectivity index is 1.35. The normalized spacial score (nSPS) is 19.6. The zero-order chi connectivity index (χ0) is 43.9. The number of anilines is 1. The van der Waals surface area contributed by atoms with Crippen LogP contribution >= 0.6 is 23.2 Å². The average molecular weight is 866 g/mol. The molecule has 12 nitrogen and oxygen atoms in total. The molecule has 60 heavy (non-hydrogen) atoms. The number of hydrogen-bond acceptors (Lipinski definition) is 10. The number of carbonyl (C=O) groups excluding carboxylic acids is 4. The fourth-order valence-electron chi connectivity index (χ4n) is 7.21. The van der Waals surface area contributed by atoms with E-state index >= 15 is 8.78 Å². The van der Waals surface area contributed by atoms with E-state index in [9.17, 15) is 24.4 Å². The molecule has 4 aromatic rings. The van der Waals surface area contributed by atoms with Gasteiger partial charge in [-0.1, -0.05) is 92.5 Å². The van der Waals surface area contributed by atoms with Crippen molar-refractivity contribution in [2.75, 3.05) is 12.4 Å². The number of nitrogens with one attached hydrogen (secondary N) is 3. The summed E-state index contributed by atoms with van der Waals surface area (Å²) >= 11 is 12.4. The fourth-order valence-corrected chi connectivity index (χ4v) is 7.55. The fraction of sp³-hybridized carbons (Fsp3) is 0.341. The van der Waals surface area contributed by atoms with Gasteiger partial charge in [-0.2, -0.15) is 5.26 Å². The Morgan fingerprint density at radius 3 is 2.32 bits per heavy atom. The molecular weight excluding hydrogens is 821 g/mol. The molecule has 0 aliphatic carbocycles. The van der Waals surface area contributed by atoms with E-state index in [-0.39, 0.29) is 51.2 Å². The summed E-state index contributed by atoms with van der Waals surface area (Å²) < 4.78 is 53.2. The number of alkyl carbamates (subject to hydrolysis) is 1. The van der Waals surface area contributed by atoms with Crippen molar-refractivity contribution >= 4 is 52.8 Å². The van der Waals surface area contributed by atoms with Crippen LogP contribution in [0.3, 0.4) is 0 Å². The van der Waals surface area contributed by atoms with Crippen LogP contribution < -0.4 is 20.7 Å². The van der Waals surface area contributed by atoms with E-state index < -0.39 is 76.7 Å². The highest BCUT2D eigenvalue weighted by Gasteiger charge is 2.61.